The van der Waals surface area contributed by atoms with Gasteiger partial charge in [-0.05, 0) is 25.0 Å². The summed E-state index contributed by atoms with van der Waals surface area (Å²) in [4.78, 5) is 4.25. The Hall–Kier alpha value is -1.97. The van der Waals surface area contributed by atoms with Gasteiger partial charge in [0, 0.05) is 29.2 Å². The summed E-state index contributed by atoms with van der Waals surface area (Å²) in [6, 6.07) is 8.70. The number of pyridine rings is 1. The van der Waals surface area contributed by atoms with Gasteiger partial charge in [-0.2, -0.15) is 5.26 Å². The number of benzene rings is 1. The highest BCUT2D eigenvalue weighted by molar-refractivity contribution is 7.89. The average Bonchev–Trinajstić information content (AvgIpc) is 2.93. The van der Waals surface area contributed by atoms with Crippen LogP contribution in [0, 0.1) is 17.2 Å². The van der Waals surface area contributed by atoms with E-state index in [0.29, 0.717) is 11.8 Å². The highest BCUT2D eigenvalue weighted by Crippen LogP contribution is 2.28. The highest BCUT2D eigenvalue weighted by atomic mass is 32.2. The Balaban J connectivity index is 1.99. The Morgan fingerprint density at radius 2 is 2.14 bits per heavy atom. The lowest BCUT2D eigenvalue weighted by Crippen LogP contribution is -2.36. The Kier molecular flexibility index (Phi) is 3.62. The molecule has 1 aromatic carbocycles. The minimum atomic E-state index is -3.64. The fourth-order valence-electron chi connectivity index (χ4n) is 2.85. The third-order valence-corrected chi connectivity index (χ3v) is 5.47. The second kappa shape index (κ2) is 5.43. The van der Waals surface area contributed by atoms with Gasteiger partial charge in [0.25, 0.3) is 0 Å². The van der Waals surface area contributed by atoms with Crippen molar-refractivity contribution < 1.29 is 8.42 Å². The molecule has 0 bridgehead atoms. The molecule has 1 aliphatic rings. The number of sulfonamides is 1. The number of nitrogens with one attached hydrogen (secondary N) is 1. The van der Waals surface area contributed by atoms with Crippen LogP contribution in [-0.2, 0) is 10.0 Å². The monoisotopic (exact) mass is 301 g/mol. The molecule has 1 N–H and O–H groups in total. The van der Waals surface area contributed by atoms with Crippen molar-refractivity contribution in [2.24, 2.45) is 5.92 Å². The second-order valence-electron chi connectivity index (χ2n) is 5.25. The van der Waals surface area contributed by atoms with Crippen LogP contribution in [0.15, 0.2) is 41.6 Å². The van der Waals surface area contributed by atoms with Crippen LogP contribution in [0.4, 0.5) is 0 Å². The first-order chi connectivity index (χ1) is 10.1. The molecule has 21 heavy (non-hydrogen) atoms. The lowest BCUT2D eigenvalue weighted by Gasteiger charge is -2.16. The van der Waals surface area contributed by atoms with Crippen LogP contribution < -0.4 is 4.72 Å². The third kappa shape index (κ3) is 2.62. The summed E-state index contributed by atoms with van der Waals surface area (Å²) in [5.41, 5.74) is 0. The Labute approximate surface area is 123 Å². The molecule has 1 aliphatic carbocycles. The first-order valence-corrected chi connectivity index (χ1v) is 8.35. The number of aromatic nitrogens is 1. The molecule has 0 radical (unpaired) electrons. The standard InChI is InChI=1S/C15H15N3O2S/c16-9-11-3-1-5-14(11)18-21(19,20)15-6-2-4-12-10-17-8-7-13(12)15/h2,4,6-8,10-11,14,18H,1,3,5H2. The fraction of sp³-hybridized carbons (Fsp3) is 0.333. The fourth-order valence-corrected chi connectivity index (χ4v) is 4.39. The van der Waals surface area contributed by atoms with Crippen molar-refractivity contribution in [1.29, 1.82) is 5.26 Å². The largest absolute Gasteiger partial charge is 0.264 e. The maximum atomic E-state index is 12.6. The minimum absolute atomic E-state index is 0.239. The predicted molar refractivity (Wildman–Crippen MR) is 78.8 cm³/mol. The quantitative estimate of drug-likeness (QED) is 0.942. The van der Waals surface area contributed by atoms with Gasteiger partial charge in [0.15, 0.2) is 0 Å². The lowest BCUT2D eigenvalue weighted by atomic mass is 10.1. The number of nitriles is 1. The van der Waals surface area contributed by atoms with E-state index in [1.165, 1.54) is 0 Å². The van der Waals surface area contributed by atoms with Crippen molar-refractivity contribution in [2.45, 2.75) is 30.2 Å². The molecule has 6 heteroatoms. The molecule has 0 spiro atoms. The zero-order valence-electron chi connectivity index (χ0n) is 11.4. The molecule has 1 saturated carbocycles. The lowest BCUT2D eigenvalue weighted by molar-refractivity contribution is 0.515. The minimum Gasteiger partial charge on any atom is -0.264 e. The molecule has 1 aromatic heterocycles. The number of fused-ring (bicyclic) bond motifs is 1. The van der Waals surface area contributed by atoms with Gasteiger partial charge in [-0.3, -0.25) is 4.98 Å². The molecule has 108 valence electrons. The van der Waals surface area contributed by atoms with Crippen LogP contribution in [0.2, 0.25) is 0 Å². The van der Waals surface area contributed by atoms with Gasteiger partial charge in [0.1, 0.15) is 0 Å². The Morgan fingerprint density at radius 1 is 1.29 bits per heavy atom. The highest BCUT2D eigenvalue weighted by Gasteiger charge is 2.31. The van der Waals surface area contributed by atoms with Gasteiger partial charge in [0.05, 0.1) is 16.9 Å². The van der Waals surface area contributed by atoms with Gasteiger partial charge in [0.2, 0.25) is 10.0 Å². The molecule has 0 amide bonds. The van der Waals surface area contributed by atoms with E-state index in [2.05, 4.69) is 15.8 Å². The summed E-state index contributed by atoms with van der Waals surface area (Å²) in [6.45, 7) is 0. The number of hydrogen-bond donors (Lipinski definition) is 1. The molecule has 1 heterocycles. The summed E-state index contributed by atoms with van der Waals surface area (Å²) in [5, 5.41) is 10.5. The maximum Gasteiger partial charge on any atom is 0.241 e. The van der Waals surface area contributed by atoms with Crippen LogP contribution in [-0.4, -0.2) is 19.4 Å². The predicted octanol–water partition coefficient (Wildman–Crippen LogP) is 2.21. The zero-order valence-corrected chi connectivity index (χ0v) is 12.2. The van der Waals surface area contributed by atoms with Crippen molar-refractivity contribution in [3.05, 3.63) is 36.7 Å². The molecule has 3 rings (SSSR count). The number of rotatable bonds is 3. The van der Waals surface area contributed by atoms with Gasteiger partial charge >= 0.3 is 0 Å². The van der Waals surface area contributed by atoms with E-state index < -0.39 is 10.0 Å². The topological polar surface area (TPSA) is 82.9 Å². The molecule has 5 nitrogen and oxygen atoms in total. The molecular formula is C15H15N3O2S. The van der Waals surface area contributed by atoms with Crippen molar-refractivity contribution in [3.8, 4) is 6.07 Å². The summed E-state index contributed by atoms with van der Waals surface area (Å²) in [6.07, 6.45) is 5.56. The first kappa shape index (κ1) is 14.0. The molecule has 1 fully saturated rings. The molecule has 0 aliphatic heterocycles. The molecule has 2 unspecified atom stereocenters. The van der Waals surface area contributed by atoms with Gasteiger partial charge < -0.3 is 0 Å². The number of hydrogen-bond acceptors (Lipinski definition) is 4. The smallest absolute Gasteiger partial charge is 0.241 e. The van der Waals surface area contributed by atoms with Crippen molar-refractivity contribution in [2.75, 3.05) is 0 Å². The average molecular weight is 301 g/mol. The first-order valence-electron chi connectivity index (χ1n) is 6.86. The van der Waals surface area contributed by atoms with Crippen LogP contribution >= 0.6 is 0 Å². The van der Waals surface area contributed by atoms with Gasteiger partial charge in [-0.15, -0.1) is 0 Å². The normalized spacial score (nSPS) is 22.2. The Morgan fingerprint density at radius 3 is 2.95 bits per heavy atom. The molecule has 0 saturated heterocycles. The van der Waals surface area contributed by atoms with Crippen LogP contribution in [0.1, 0.15) is 19.3 Å². The van der Waals surface area contributed by atoms with Crippen LogP contribution in [0.3, 0.4) is 0 Å². The summed E-state index contributed by atoms with van der Waals surface area (Å²) in [5.74, 6) is -0.239. The van der Waals surface area contributed by atoms with E-state index in [4.69, 9.17) is 5.26 Å². The van der Waals surface area contributed by atoms with Crippen LogP contribution in [0.25, 0.3) is 10.8 Å². The molecule has 2 aromatic rings. The van der Waals surface area contributed by atoms with Crippen molar-refractivity contribution in [1.82, 2.24) is 9.71 Å². The summed E-state index contributed by atoms with van der Waals surface area (Å²) in [7, 11) is -3.64. The van der Waals surface area contributed by atoms with Crippen LogP contribution in [0.5, 0.6) is 0 Å². The van der Waals surface area contributed by atoms with Crippen molar-refractivity contribution >= 4 is 20.8 Å². The van der Waals surface area contributed by atoms with E-state index >= 15 is 0 Å². The summed E-state index contributed by atoms with van der Waals surface area (Å²) < 4.78 is 27.9. The molecule has 2 atom stereocenters. The third-order valence-electron chi connectivity index (χ3n) is 3.92. The molecular weight excluding hydrogens is 286 g/mol. The second-order valence-corrected chi connectivity index (χ2v) is 6.93. The number of nitrogens with zero attached hydrogens (tertiary/aromatic N) is 2. The maximum absolute atomic E-state index is 12.6. The van der Waals surface area contributed by atoms with Gasteiger partial charge in [-0.1, -0.05) is 18.6 Å². The van der Waals surface area contributed by atoms with E-state index in [1.54, 1.807) is 30.6 Å². The zero-order chi connectivity index (χ0) is 14.9. The van der Waals surface area contributed by atoms with Crippen molar-refractivity contribution in [3.63, 3.8) is 0 Å². The van der Waals surface area contributed by atoms with Gasteiger partial charge in [-0.25, -0.2) is 13.1 Å². The van der Waals surface area contributed by atoms with E-state index in [-0.39, 0.29) is 16.9 Å². The Bertz CT molecular complexity index is 806. The SMILES string of the molecule is N#CC1CCCC1NS(=O)(=O)c1cccc2cnccc12. The van der Waals surface area contributed by atoms with E-state index in [0.717, 1.165) is 18.2 Å². The van der Waals surface area contributed by atoms with E-state index in [1.807, 2.05) is 6.07 Å². The van der Waals surface area contributed by atoms with E-state index in [9.17, 15) is 8.42 Å². The summed E-state index contributed by atoms with van der Waals surface area (Å²) >= 11 is 0.